The maximum atomic E-state index is 6.14. The first-order valence-electron chi connectivity index (χ1n) is 5.33. The molecule has 1 heterocycles. The van der Waals surface area contributed by atoms with Crippen LogP contribution in [0.3, 0.4) is 0 Å². The second-order valence-corrected chi connectivity index (χ2v) is 8.30. The van der Waals surface area contributed by atoms with E-state index in [1.807, 2.05) is 0 Å². The molecule has 0 aromatic rings. The number of rotatable bonds is 3. The molecule has 0 spiro atoms. The Balaban J connectivity index is 2.67. The third-order valence-corrected chi connectivity index (χ3v) is 8.12. The second kappa shape index (κ2) is 4.55. The molecule has 1 aliphatic rings. The molecule has 13 heavy (non-hydrogen) atoms. The fourth-order valence-corrected chi connectivity index (χ4v) is 6.16. The van der Waals surface area contributed by atoms with Gasteiger partial charge in [0.25, 0.3) is 0 Å². The van der Waals surface area contributed by atoms with E-state index in [1.54, 1.807) is 0 Å². The molecule has 0 saturated carbocycles. The summed E-state index contributed by atoms with van der Waals surface area (Å²) in [6.07, 6.45) is 3.19. The van der Waals surface area contributed by atoms with Crippen LogP contribution in [0.4, 0.5) is 0 Å². The summed E-state index contributed by atoms with van der Waals surface area (Å²) >= 11 is 0. The Morgan fingerprint density at radius 1 is 1.54 bits per heavy atom. The highest BCUT2D eigenvalue weighted by atomic mass is 28.4. The van der Waals surface area contributed by atoms with Crippen molar-refractivity contribution in [2.24, 2.45) is 11.5 Å². The lowest BCUT2D eigenvalue weighted by atomic mass is 10.3. The highest BCUT2D eigenvalue weighted by Crippen LogP contribution is 2.30. The van der Waals surface area contributed by atoms with Crippen LogP contribution < -0.4 is 11.5 Å². The van der Waals surface area contributed by atoms with E-state index in [1.165, 1.54) is 12.5 Å². The van der Waals surface area contributed by atoms with Crippen LogP contribution in [0.1, 0.15) is 33.1 Å². The largest absolute Gasteiger partial charge is 0.400 e. The molecule has 4 heteroatoms. The minimum atomic E-state index is -1.67. The van der Waals surface area contributed by atoms with Crippen LogP contribution in [0.5, 0.6) is 0 Å². The van der Waals surface area contributed by atoms with Crippen LogP contribution in [0.2, 0.25) is 12.1 Å². The molecule has 0 aromatic heterocycles. The Kier molecular flexibility index (Phi) is 3.91. The number of nitrogens with two attached hydrogens (primary N) is 2. The van der Waals surface area contributed by atoms with E-state index in [2.05, 4.69) is 13.8 Å². The molecule has 1 rings (SSSR count). The van der Waals surface area contributed by atoms with Crippen molar-refractivity contribution < 1.29 is 4.43 Å². The monoisotopic (exact) mass is 202 g/mol. The minimum Gasteiger partial charge on any atom is -0.400 e. The first kappa shape index (κ1) is 11.2. The fraction of sp³-hybridized carbons (Fsp3) is 1.00. The molecule has 1 aliphatic heterocycles. The summed E-state index contributed by atoms with van der Waals surface area (Å²) in [5, 5.41) is 0. The standard InChI is InChI=1S/C9H22N2OSi/c1-3-9(11)13(4-2)7-5-6-8(10)12-13/h8-9H,3-7,10-11H2,1-2H3. The fourth-order valence-electron chi connectivity index (χ4n) is 2.19. The molecule has 3 atom stereocenters. The van der Waals surface area contributed by atoms with Gasteiger partial charge in [-0.3, -0.25) is 0 Å². The van der Waals surface area contributed by atoms with Crippen molar-refractivity contribution in [1.82, 2.24) is 0 Å². The van der Waals surface area contributed by atoms with Crippen molar-refractivity contribution in [3.8, 4) is 0 Å². The summed E-state index contributed by atoms with van der Waals surface area (Å²) in [5.41, 5.74) is 12.2. The van der Waals surface area contributed by atoms with Gasteiger partial charge in [0.2, 0.25) is 8.32 Å². The van der Waals surface area contributed by atoms with Gasteiger partial charge in [0.05, 0.1) is 6.23 Å². The lowest BCUT2D eigenvalue weighted by Crippen LogP contribution is -2.59. The molecular weight excluding hydrogens is 180 g/mol. The van der Waals surface area contributed by atoms with E-state index < -0.39 is 8.32 Å². The Labute approximate surface area is 82.0 Å². The van der Waals surface area contributed by atoms with Gasteiger partial charge in [-0.25, -0.2) is 0 Å². The lowest BCUT2D eigenvalue weighted by Gasteiger charge is -2.41. The zero-order chi connectivity index (χ0) is 9.90. The van der Waals surface area contributed by atoms with Gasteiger partial charge < -0.3 is 15.9 Å². The maximum Gasteiger partial charge on any atom is 0.210 e. The lowest BCUT2D eigenvalue weighted by molar-refractivity contribution is 0.156. The van der Waals surface area contributed by atoms with Crippen molar-refractivity contribution in [2.75, 3.05) is 0 Å². The van der Waals surface area contributed by atoms with Crippen LogP contribution in [-0.2, 0) is 4.43 Å². The Bertz CT molecular complexity index is 168. The normalized spacial score (nSPS) is 37.4. The summed E-state index contributed by atoms with van der Waals surface area (Å²) in [7, 11) is -1.67. The van der Waals surface area contributed by atoms with Gasteiger partial charge in [-0.05, 0) is 31.4 Å². The van der Waals surface area contributed by atoms with E-state index in [9.17, 15) is 0 Å². The summed E-state index contributed by atoms with van der Waals surface area (Å²) in [5.74, 6) is 0. The van der Waals surface area contributed by atoms with Gasteiger partial charge in [-0.15, -0.1) is 0 Å². The smallest absolute Gasteiger partial charge is 0.210 e. The van der Waals surface area contributed by atoms with Crippen LogP contribution in [0.25, 0.3) is 0 Å². The van der Waals surface area contributed by atoms with E-state index in [-0.39, 0.29) is 11.9 Å². The van der Waals surface area contributed by atoms with Crippen LogP contribution in [-0.4, -0.2) is 20.2 Å². The van der Waals surface area contributed by atoms with E-state index in [0.29, 0.717) is 0 Å². The second-order valence-electron chi connectivity index (χ2n) is 3.98. The van der Waals surface area contributed by atoms with Gasteiger partial charge in [-0.1, -0.05) is 13.8 Å². The van der Waals surface area contributed by atoms with Crippen molar-refractivity contribution in [3.63, 3.8) is 0 Å². The first-order valence-corrected chi connectivity index (χ1v) is 7.73. The first-order chi connectivity index (χ1) is 6.14. The van der Waals surface area contributed by atoms with Crippen molar-refractivity contribution >= 4 is 8.32 Å². The summed E-state index contributed by atoms with van der Waals surface area (Å²) in [4.78, 5) is 0. The predicted octanol–water partition coefficient (Wildman–Crippen LogP) is 1.32. The molecule has 0 amide bonds. The van der Waals surface area contributed by atoms with Crippen LogP contribution in [0, 0.1) is 0 Å². The predicted molar refractivity (Wildman–Crippen MR) is 57.6 cm³/mol. The maximum absolute atomic E-state index is 6.14. The highest BCUT2D eigenvalue weighted by Gasteiger charge is 2.42. The number of hydrogen-bond donors (Lipinski definition) is 2. The summed E-state index contributed by atoms with van der Waals surface area (Å²) in [6.45, 7) is 4.33. The number of hydrogen-bond acceptors (Lipinski definition) is 3. The Morgan fingerprint density at radius 3 is 2.69 bits per heavy atom. The van der Waals surface area contributed by atoms with E-state index in [0.717, 1.165) is 18.9 Å². The molecule has 3 nitrogen and oxygen atoms in total. The molecule has 0 bridgehead atoms. The van der Waals surface area contributed by atoms with E-state index >= 15 is 0 Å². The molecule has 1 fully saturated rings. The minimum absolute atomic E-state index is 0.0435. The van der Waals surface area contributed by atoms with Crippen LogP contribution >= 0.6 is 0 Å². The summed E-state index contributed by atoms with van der Waals surface area (Å²) < 4.78 is 5.97. The van der Waals surface area contributed by atoms with Gasteiger partial charge in [0, 0.05) is 5.67 Å². The van der Waals surface area contributed by atoms with E-state index in [4.69, 9.17) is 15.9 Å². The van der Waals surface area contributed by atoms with Gasteiger partial charge in [0.1, 0.15) is 0 Å². The summed E-state index contributed by atoms with van der Waals surface area (Å²) in [6, 6.07) is 2.31. The molecule has 0 aliphatic carbocycles. The zero-order valence-corrected chi connectivity index (χ0v) is 9.75. The van der Waals surface area contributed by atoms with Gasteiger partial charge in [-0.2, -0.15) is 0 Å². The topological polar surface area (TPSA) is 61.3 Å². The third-order valence-electron chi connectivity index (χ3n) is 3.19. The van der Waals surface area contributed by atoms with Crippen molar-refractivity contribution in [2.45, 2.75) is 57.1 Å². The van der Waals surface area contributed by atoms with Gasteiger partial charge in [0.15, 0.2) is 0 Å². The SMILES string of the molecule is CCC(N)[Si]1(CC)CCCC(N)O1. The van der Waals surface area contributed by atoms with Crippen molar-refractivity contribution in [3.05, 3.63) is 0 Å². The molecule has 1 saturated heterocycles. The third kappa shape index (κ3) is 2.31. The molecular formula is C9H22N2OSi. The van der Waals surface area contributed by atoms with Crippen molar-refractivity contribution in [1.29, 1.82) is 0 Å². The van der Waals surface area contributed by atoms with Crippen LogP contribution in [0.15, 0.2) is 0 Å². The average Bonchev–Trinajstić information content (AvgIpc) is 2.16. The Morgan fingerprint density at radius 2 is 2.23 bits per heavy atom. The zero-order valence-electron chi connectivity index (χ0n) is 8.75. The molecule has 78 valence electrons. The molecule has 3 unspecified atom stereocenters. The highest BCUT2D eigenvalue weighted by molar-refractivity contribution is 6.75. The molecule has 4 N–H and O–H groups in total. The average molecular weight is 202 g/mol. The van der Waals surface area contributed by atoms with Gasteiger partial charge >= 0.3 is 0 Å². The quantitative estimate of drug-likeness (QED) is 0.679. The molecule has 0 aromatic carbocycles. The Hall–Kier alpha value is 0.0969. The molecule has 0 radical (unpaired) electrons.